The van der Waals surface area contributed by atoms with Gasteiger partial charge in [0.2, 0.25) is 13.1 Å². The van der Waals surface area contributed by atoms with E-state index in [1.807, 2.05) is 37.3 Å². The van der Waals surface area contributed by atoms with Crippen molar-refractivity contribution < 1.29 is 0 Å². The lowest BCUT2D eigenvalue weighted by Gasteiger charge is -1.95. The van der Waals surface area contributed by atoms with Crippen molar-refractivity contribution in [1.29, 1.82) is 10.5 Å². The van der Waals surface area contributed by atoms with Crippen molar-refractivity contribution in [2.45, 2.75) is 71.1 Å². The SMILES string of the molecule is [C-]#[N+]CCCCC#N.[C-]#[N+]CCCCCCCCC#N.[C-]#[N+]c1ccc(C)cc1. The Kier molecular flexibility index (Phi) is 23.7. The largest absolute Gasteiger partial charge is 0.317 e. The summed E-state index contributed by atoms with van der Waals surface area (Å²) in [4.78, 5) is 9.70. The molecule has 0 spiro atoms. The quantitative estimate of drug-likeness (QED) is 0.311. The van der Waals surface area contributed by atoms with Crippen LogP contribution in [0.1, 0.15) is 69.8 Å². The molecule has 0 heterocycles. The highest BCUT2D eigenvalue weighted by Gasteiger charge is 1.91. The van der Waals surface area contributed by atoms with Crippen LogP contribution in [0.15, 0.2) is 24.3 Å². The fraction of sp³-hybridized carbons (Fsp3) is 0.542. The molecule has 1 aromatic carbocycles. The summed E-state index contributed by atoms with van der Waals surface area (Å²) in [7, 11) is 0. The number of rotatable bonds is 10. The molecule has 0 amide bonds. The van der Waals surface area contributed by atoms with E-state index < -0.39 is 0 Å². The lowest BCUT2D eigenvalue weighted by atomic mass is 10.1. The van der Waals surface area contributed by atoms with Crippen LogP contribution >= 0.6 is 0 Å². The minimum absolute atomic E-state index is 0.571. The fourth-order valence-electron chi connectivity index (χ4n) is 2.12. The molecule has 0 aromatic heterocycles. The molecule has 0 unspecified atom stereocenters. The van der Waals surface area contributed by atoms with E-state index in [0.29, 0.717) is 31.6 Å². The molecule has 1 rings (SSSR count). The van der Waals surface area contributed by atoms with E-state index in [2.05, 4.69) is 20.6 Å². The molecule has 1 aromatic rings. The van der Waals surface area contributed by atoms with Crippen molar-refractivity contribution in [3.8, 4) is 12.1 Å². The summed E-state index contributed by atoms with van der Waals surface area (Å²) in [6, 6.07) is 11.7. The van der Waals surface area contributed by atoms with Gasteiger partial charge in [0.05, 0.1) is 18.7 Å². The molecule has 0 radical (unpaired) electrons. The molecule has 0 fully saturated rings. The predicted molar refractivity (Wildman–Crippen MR) is 118 cm³/mol. The number of benzene rings is 1. The first-order chi connectivity index (χ1) is 14.2. The first-order valence-electron chi connectivity index (χ1n) is 10.0. The Morgan fingerprint density at radius 2 is 1.10 bits per heavy atom. The van der Waals surface area contributed by atoms with Gasteiger partial charge in [0.15, 0.2) is 5.69 Å². The summed E-state index contributed by atoms with van der Waals surface area (Å²) >= 11 is 0. The Morgan fingerprint density at radius 1 is 0.690 bits per heavy atom. The molecule has 0 saturated heterocycles. The molecular formula is C24H31N5. The van der Waals surface area contributed by atoms with Gasteiger partial charge in [-0.1, -0.05) is 49.1 Å². The Labute approximate surface area is 177 Å². The third-order valence-electron chi connectivity index (χ3n) is 3.78. The minimum Gasteiger partial charge on any atom is -0.317 e. The van der Waals surface area contributed by atoms with E-state index in [9.17, 15) is 0 Å². The van der Waals surface area contributed by atoms with Gasteiger partial charge in [0.1, 0.15) is 0 Å². The summed E-state index contributed by atoms with van der Waals surface area (Å²) < 4.78 is 0. The second-order valence-electron chi connectivity index (χ2n) is 6.36. The van der Waals surface area contributed by atoms with E-state index in [1.54, 1.807) is 0 Å². The predicted octanol–water partition coefficient (Wildman–Crippen LogP) is 7.31. The van der Waals surface area contributed by atoms with Crippen molar-refractivity contribution in [2.75, 3.05) is 13.1 Å². The van der Waals surface area contributed by atoms with Gasteiger partial charge in [-0.3, -0.25) is 0 Å². The summed E-state index contributed by atoms with van der Waals surface area (Å²) in [6.45, 7) is 22.8. The van der Waals surface area contributed by atoms with E-state index in [-0.39, 0.29) is 0 Å². The van der Waals surface area contributed by atoms with Gasteiger partial charge in [-0.15, -0.1) is 0 Å². The highest BCUT2D eigenvalue weighted by molar-refractivity contribution is 5.44. The van der Waals surface area contributed by atoms with Gasteiger partial charge in [-0.25, -0.2) is 18.0 Å². The molecule has 5 nitrogen and oxygen atoms in total. The third kappa shape index (κ3) is 24.7. The smallest absolute Gasteiger partial charge is 0.214 e. The molecule has 0 atom stereocenters. The zero-order valence-corrected chi connectivity index (χ0v) is 17.5. The molecule has 0 aliphatic rings. The van der Waals surface area contributed by atoms with Gasteiger partial charge in [0.25, 0.3) is 0 Å². The van der Waals surface area contributed by atoms with Crippen LogP contribution in [0.3, 0.4) is 0 Å². The van der Waals surface area contributed by atoms with Gasteiger partial charge >= 0.3 is 0 Å². The van der Waals surface area contributed by atoms with Gasteiger partial charge in [0, 0.05) is 25.7 Å². The Balaban J connectivity index is 0. The number of nitrogens with zero attached hydrogens (tertiary/aromatic N) is 5. The lowest BCUT2D eigenvalue weighted by molar-refractivity contribution is 0.609. The highest BCUT2D eigenvalue weighted by Crippen LogP contribution is 2.11. The zero-order chi connectivity index (χ0) is 22.0. The maximum Gasteiger partial charge on any atom is 0.214 e. The molecule has 0 N–H and O–H groups in total. The second-order valence-corrected chi connectivity index (χ2v) is 6.36. The molecule has 152 valence electrons. The Hall–Kier alpha value is -3.33. The second kappa shape index (κ2) is 24.7. The number of hydrogen-bond acceptors (Lipinski definition) is 2. The number of hydrogen-bond donors (Lipinski definition) is 0. The van der Waals surface area contributed by atoms with E-state index >= 15 is 0 Å². The maximum atomic E-state index is 8.26. The number of nitriles is 2. The number of unbranched alkanes of at least 4 members (excludes halogenated alkanes) is 8. The Bertz CT molecular complexity index is 667. The third-order valence-corrected chi connectivity index (χ3v) is 3.78. The first kappa shape index (κ1) is 27.9. The van der Waals surface area contributed by atoms with Crippen molar-refractivity contribution in [3.63, 3.8) is 0 Å². The van der Waals surface area contributed by atoms with Crippen molar-refractivity contribution in [1.82, 2.24) is 0 Å². The Morgan fingerprint density at radius 3 is 1.55 bits per heavy atom. The molecule has 0 aliphatic heterocycles. The fourth-order valence-corrected chi connectivity index (χ4v) is 2.12. The van der Waals surface area contributed by atoms with Crippen LogP contribution < -0.4 is 0 Å². The lowest BCUT2D eigenvalue weighted by Crippen LogP contribution is -1.81. The number of aryl methyl sites for hydroxylation is 1. The van der Waals surface area contributed by atoms with Crippen LogP contribution in [0.2, 0.25) is 0 Å². The summed E-state index contributed by atoms with van der Waals surface area (Å²) in [5.74, 6) is 0. The molecule has 0 bridgehead atoms. The first-order valence-corrected chi connectivity index (χ1v) is 10.0. The topological polar surface area (TPSA) is 60.7 Å². The van der Waals surface area contributed by atoms with E-state index in [1.165, 1.54) is 31.2 Å². The summed E-state index contributed by atoms with van der Waals surface area (Å²) in [6.07, 6.45) is 9.91. The standard InChI is InChI=1S/C10H16N2.C8H7N.C6H8N2/c1-12-10-8-6-4-2-3-5-7-9-11;1-7-3-5-8(9-2)6-4-7;1-8-6-4-2-3-5-7/h2-8,10H2;3-6H,1H3;2-4,6H2. The van der Waals surface area contributed by atoms with Crippen molar-refractivity contribution in [2.24, 2.45) is 0 Å². The zero-order valence-electron chi connectivity index (χ0n) is 17.5. The average Bonchev–Trinajstić information content (AvgIpc) is 2.75. The van der Waals surface area contributed by atoms with Crippen LogP contribution in [-0.4, -0.2) is 13.1 Å². The average molecular weight is 390 g/mol. The van der Waals surface area contributed by atoms with Gasteiger partial charge in [-0.2, -0.15) is 10.5 Å². The van der Waals surface area contributed by atoms with Crippen molar-refractivity contribution in [3.05, 3.63) is 64.1 Å². The normalized spacial score (nSPS) is 8.28. The van der Waals surface area contributed by atoms with Gasteiger partial charge in [-0.05, 0) is 26.2 Å². The van der Waals surface area contributed by atoms with Crippen LogP contribution in [0, 0.1) is 49.3 Å². The molecule has 0 saturated carbocycles. The van der Waals surface area contributed by atoms with Crippen LogP contribution in [0.25, 0.3) is 14.5 Å². The monoisotopic (exact) mass is 389 g/mol. The minimum atomic E-state index is 0.571. The molecule has 29 heavy (non-hydrogen) atoms. The van der Waals surface area contributed by atoms with Crippen LogP contribution in [-0.2, 0) is 0 Å². The highest BCUT2D eigenvalue weighted by atomic mass is 14.6. The van der Waals surface area contributed by atoms with Crippen LogP contribution in [0.5, 0.6) is 0 Å². The van der Waals surface area contributed by atoms with E-state index in [4.69, 9.17) is 30.2 Å². The van der Waals surface area contributed by atoms with Gasteiger partial charge < -0.3 is 9.69 Å². The molecule has 0 aliphatic carbocycles. The summed E-state index contributed by atoms with van der Waals surface area (Å²) in [5, 5.41) is 16.3. The summed E-state index contributed by atoms with van der Waals surface area (Å²) in [5.41, 5.74) is 1.91. The van der Waals surface area contributed by atoms with Crippen molar-refractivity contribution >= 4 is 5.69 Å². The van der Waals surface area contributed by atoms with E-state index in [0.717, 1.165) is 25.7 Å². The maximum absolute atomic E-state index is 8.26. The van der Waals surface area contributed by atoms with Crippen LogP contribution in [0.4, 0.5) is 5.69 Å². The molecule has 5 heteroatoms. The molecular weight excluding hydrogens is 358 g/mol.